The first-order chi connectivity index (χ1) is 14.1. The van der Waals surface area contributed by atoms with Crippen LogP contribution in [-0.2, 0) is 4.79 Å². The van der Waals surface area contributed by atoms with E-state index in [1.807, 2.05) is 76.2 Å². The van der Waals surface area contributed by atoms with E-state index in [0.29, 0.717) is 12.2 Å². The summed E-state index contributed by atoms with van der Waals surface area (Å²) in [6.45, 7) is 14.5. The molecule has 4 nitrogen and oxygen atoms in total. The molecular formula is C24H32N2O2S. The van der Waals surface area contributed by atoms with Crippen molar-refractivity contribution in [2.45, 2.75) is 41.5 Å². The van der Waals surface area contributed by atoms with Gasteiger partial charge in [0.1, 0.15) is 5.75 Å². The third-order valence-electron chi connectivity index (χ3n) is 4.05. The molecule has 0 fully saturated rings. The first kappa shape index (κ1) is 24.4. The number of benzene rings is 2. The number of ether oxygens (including phenoxy) is 1. The lowest BCUT2D eigenvalue weighted by molar-refractivity contribution is -0.120. The fraction of sp³-hybridized carbons (Fsp3) is 0.333. The Morgan fingerprint density at radius 2 is 1.79 bits per heavy atom. The summed E-state index contributed by atoms with van der Waals surface area (Å²) in [5.41, 5.74) is 3.10. The second-order valence-electron chi connectivity index (χ2n) is 5.81. The molecular weight excluding hydrogens is 380 g/mol. The summed E-state index contributed by atoms with van der Waals surface area (Å²) in [5, 5.41) is 1.14. The van der Waals surface area contributed by atoms with Crippen LogP contribution in [0.2, 0.25) is 0 Å². The van der Waals surface area contributed by atoms with Gasteiger partial charge >= 0.3 is 0 Å². The fourth-order valence-electron chi connectivity index (χ4n) is 2.77. The molecule has 0 aliphatic carbocycles. The van der Waals surface area contributed by atoms with Gasteiger partial charge in [-0.1, -0.05) is 38.1 Å². The molecule has 5 heteroatoms. The van der Waals surface area contributed by atoms with Crippen LogP contribution in [0.5, 0.6) is 5.75 Å². The Kier molecular flexibility index (Phi) is 11.4. The van der Waals surface area contributed by atoms with Crippen molar-refractivity contribution in [1.82, 2.24) is 4.98 Å². The summed E-state index contributed by atoms with van der Waals surface area (Å²) in [5.74, 6) is 0.600. The van der Waals surface area contributed by atoms with Crippen LogP contribution in [0.15, 0.2) is 48.5 Å². The Morgan fingerprint density at radius 3 is 2.38 bits per heavy atom. The number of rotatable bonds is 6. The number of thiazole rings is 1. The van der Waals surface area contributed by atoms with E-state index in [1.165, 1.54) is 4.70 Å². The second-order valence-corrected chi connectivity index (χ2v) is 7.04. The first-order valence-electron chi connectivity index (χ1n) is 10.1. The Balaban J connectivity index is 0.000000295. The van der Waals surface area contributed by atoms with Gasteiger partial charge in [0, 0.05) is 30.4 Å². The predicted octanol–water partition coefficient (Wildman–Crippen LogP) is 6.73. The molecule has 156 valence electrons. The van der Waals surface area contributed by atoms with Crippen molar-refractivity contribution in [2.75, 3.05) is 18.0 Å². The third-order valence-corrected chi connectivity index (χ3v) is 5.00. The molecule has 3 aromatic rings. The van der Waals surface area contributed by atoms with Crippen LogP contribution < -0.4 is 9.64 Å². The van der Waals surface area contributed by atoms with E-state index >= 15 is 0 Å². The number of hydrogen-bond acceptors (Lipinski definition) is 5. The number of fused-ring (bicyclic) bond motifs is 1. The van der Waals surface area contributed by atoms with Crippen molar-refractivity contribution in [2.24, 2.45) is 0 Å². The van der Waals surface area contributed by atoms with Crippen LogP contribution in [0.3, 0.4) is 0 Å². The number of allylic oxidation sites excluding steroid dienone is 1. The van der Waals surface area contributed by atoms with E-state index in [9.17, 15) is 4.79 Å². The lowest BCUT2D eigenvalue weighted by atomic mass is 10.1. The van der Waals surface area contributed by atoms with Crippen molar-refractivity contribution in [3.63, 3.8) is 0 Å². The van der Waals surface area contributed by atoms with Crippen LogP contribution in [0.25, 0.3) is 16.3 Å². The van der Waals surface area contributed by atoms with E-state index in [1.54, 1.807) is 11.3 Å². The van der Waals surface area contributed by atoms with E-state index in [-0.39, 0.29) is 0 Å². The zero-order chi connectivity index (χ0) is 21.6. The maximum atomic E-state index is 10.5. The van der Waals surface area contributed by atoms with Gasteiger partial charge in [0.25, 0.3) is 6.47 Å². The molecule has 0 amide bonds. The van der Waals surface area contributed by atoms with Gasteiger partial charge in [-0.25, -0.2) is 4.98 Å². The molecule has 0 bridgehead atoms. The van der Waals surface area contributed by atoms with Gasteiger partial charge in [-0.2, -0.15) is 0 Å². The highest BCUT2D eigenvalue weighted by atomic mass is 32.1. The number of nitrogens with zero attached hydrogens (tertiary/aromatic N) is 2. The Hall–Kier alpha value is -2.66. The zero-order valence-corrected chi connectivity index (χ0v) is 19.1. The van der Waals surface area contributed by atoms with Crippen molar-refractivity contribution in [1.29, 1.82) is 0 Å². The van der Waals surface area contributed by atoms with Crippen LogP contribution in [0, 0.1) is 6.92 Å². The zero-order valence-electron chi connectivity index (χ0n) is 18.3. The molecule has 0 saturated heterocycles. The second kappa shape index (κ2) is 13.5. The monoisotopic (exact) mass is 412 g/mol. The summed E-state index contributed by atoms with van der Waals surface area (Å²) in [6.07, 6.45) is 3.84. The summed E-state index contributed by atoms with van der Waals surface area (Å²) in [7, 11) is 0. The predicted molar refractivity (Wildman–Crippen MR) is 127 cm³/mol. The molecule has 29 heavy (non-hydrogen) atoms. The number of carbonyl (C=O) groups excluding carboxylic acids is 1. The van der Waals surface area contributed by atoms with Crippen molar-refractivity contribution < 1.29 is 9.53 Å². The maximum Gasteiger partial charge on any atom is 0.298 e. The molecule has 0 atom stereocenters. The standard InChI is InChI=1S/C14H19NO2.C8H7NS.C2H6/c1-4-7-12-8-9-13(15(5-2)6-3)10-14(12)17-11-16;1-6-9-7-4-2-3-5-8(7)10-6;1-2/h4,7-11H,5-6H2,1-3H3;2-5H,1H3;1-2H3/b7-4-;;. The molecule has 1 heterocycles. The molecule has 0 saturated carbocycles. The fourth-order valence-corrected chi connectivity index (χ4v) is 3.59. The van der Waals surface area contributed by atoms with Gasteiger partial charge in [0.2, 0.25) is 0 Å². The minimum absolute atomic E-state index is 0.467. The van der Waals surface area contributed by atoms with Gasteiger partial charge < -0.3 is 9.64 Å². The molecule has 0 N–H and O–H groups in total. The van der Waals surface area contributed by atoms with E-state index in [0.717, 1.165) is 34.9 Å². The number of hydrogen-bond donors (Lipinski definition) is 0. The minimum atomic E-state index is 0.467. The summed E-state index contributed by atoms with van der Waals surface area (Å²) < 4.78 is 6.29. The number of carbonyl (C=O) groups is 1. The number of anilines is 1. The topological polar surface area (TPSA) is 42.4 Å². The molecule has 3 rings (SSSR count). The largest absolute Gasteiger partial charge is 0.428 e. The van der Waals surface area contributed by atoms with Crippen molar-refractivity contribution in [3.05, 3.63) is 59.1 Å². The van der Waals surface area contributed by atoms with Crippen LogP contribution in [-0.4, -0.2) is 24.5 Å². The molecule has 1 aromatic heterocycles. The first-order valence-corrected chi connectivity index (χ1v) is 10.9. The highest BCUT2D eigenvalue weighted by Gasteiger charge is 2.07. The van der Waals surface area contributed by atoms with Gasteiger partial charge in [0.05, 0.1) is 15.2 Å². The smallest absolute Gasteiger partial charge is 0.298 e. The average molecular weight is 413 g/mol. The third kappa shape index (κ3) is 7.35. The van der Waals surface area contributed by atoms with E-state index in [2.05, 4.69) is 29.8 Å². The lowest BCUT2D eigenvalue weighted by Gasteiger charge is -2.21. The number of para-hydroxylation sites is 1. The Labute approximate surface area is 178 Å². The number of aryl methyl sites for hydroxylation is 1. The highest BCUT2D eigenvalue weighted by molar-refractivity contribution is 7.18. The SMILES string of the molecule is C/C=C\c1ccc(N(CC)CC)cc1OC=O.CC.Cc1nc2ccccc2s1. The molecule has 0 spiro atoms. The maximum absolute atomic E-state index is 10.5. The Morgan fingerprint density at radius 1 is 1.10 bits per heavy atom. The summed E-state index contributed by atoms with van der Waals surface area (Å²) in [6, 6.07) is 14.1. The lowest BCUT2D eigenvalue weighted by Crippen LogP contribution is -2.21. The van der Waals surface area contributed by atoms with Gasteiger partial charge in [-0.05, 0) is 52.0 Å². The molecule has 0 unspecified atom stereocenters. The number of aromatic nitrogens is 1. The molecule has 0 aliphatic rings. The van der Waals surface area contributed by atoms with Crippen molar-refractivity contribution in [3.8, 4) is 5.75 Å². The Bertz CT molecular complexity index is 866. The van der Waals surface area contributed by atoms with Crippen LogP contribution in [0.4, 0.5) is 5.69 Å². The van der Waals surface area contributed by atoms with Gasteiger partial charge in [-0.3, -0.25) is 4.79 Å². The molecule has 2 aromatic carbocycles. The van der Waals surface area contributed by atoms with Crippen LogP contribution in [0.1, 0.15) is 45.2 Å². The van der Waals surface area contributed by atoms with E-state index in [4.69, 9.17) is 4.74 Å². The molecule has 0 radical (unpaired) electrons. The molecule has 0 aliphatic heterocycles. The summed E-state index contributed by atoms with van der Waals surface area (Å²) in [4.78, 5) is 17.0. The van der Waals surface area contributed by atoms with Crippen molar-refractivity contribution >= 4 is 39.8 Å². The normalized spacial score (nSPS) is 10.0. The van der Waals surface area contributed by atoms with E-state index < -0.39 is 0 Å². The van der Waals surface area contributed by atoms with Gasteiger partial charge in [-0.15, -0.1) is 11.3 Å². The van der Waals surface area contributed by atoms with Gasteiger partial charge in [0.15, 0.2) is 0 Å². The average Bonchev–Trinajstić information content (AvgIpc) is 3.13. The minimum Gasteiger partial charge on any atom is -0.428 e. The highest BCUT2D eigenvalue weighted by Crippen LogP contribution is 2.26. The summed E-state index contributed by atoms with van der Waals surface area (Å²) >= 11 is 1.74. The quantitative estimate of drug-likeness (QED) is 0.421. The van der Waals surface area contributed by atoms with Crippen LogP contribution >= 0.6 is 11.3 Å².